The maximum Gasteiger partial charge on any atom is 0.243 e. The number of sulfonamides is 1. The van der Waals surface area contributed by atoms with E-state index in [1.165, 1.54) is 24.1 Å². The normalized spacial score (nSPS) is 23.5. The molecule has 1 aromatic rings. The predicted octanol–water partition coefficient (Wildman–Crippen LogP) is 2.44. The van der Waals surface area contributed by atoms with Crippen LogP contribution in [0.2, 0.25) is 0 Å². The Hall–Kier alpha value is -1.93. The number of hydrogen-bond acceptors (Lipinski definition) is 4. The fraction of sp³-hybridized carbons (Fsp3) is 0.636. The van der Waals surface area contributed by atoms with E-state index in [1.807, 2.05) is 6.92 Å². The molecule has 1 saturated heterocycles. The maximum absolute atomic E-state index is 13.2. The van der Waals surface area contributed by atoms with E-state index >= 15 is 0 Å². The lowest BCUT2D eigenvalue weighted by atomic mass is 9.97. The molecule has 0 aromatic heterocycles. The standard InChI is InChI=1S/C22H31N3O4S/c1-15-13-18-14-20(7-8-21(18)25(15)16(2)26)30(28,29)24-11-9-17(10-12-24)22(27)23-19-5-3-4-6-19/h7-8,14-15,17,19H,3-6,9-13H2,1-2H3,(H,23,27). The third-order valence-electron chi connectivity index (χ3n) is 6.77. The lowest BCUT2D eigenvalue weighted by Gasteiger charge is -2.31. The van der Waals surface area contributed by atoms with Gasteiger partial charge in [0.15, 0.2) is 0 Å². The van der Waals surface area contributed by atoms with E-state index in [1.54, 1.807) is 23.1 Å². The number of hydrogen-bond donors (Lipinski definition) is 1. The smallest absolute Gasteiger partial charge is 0.243 e. The second-order valence-corrected chi connectivity index (χ2v) is 10.8. The van der Waals surface area contributed by atoms with Crippen LogP contribution in [0, 0.1) is 5.92 Å². The van der Waals surface area contributed by atoms with Crippen LogP contribution in [-0.2, 0) is 26.0 Å². The highest BCUT2D eigenvalue weighted by atomic mass is 32.2. The molecule has 7 nitrogen and oxygen atoms in total. The first-order valence-corrected chi connectivity index (χ1v) is 12.4. The zero-order valence-electron chi connectivity index (χ0n) is 17.8. The molecule has 1 atom stereocenters. The lowest BCUT2D eigenvalue weighted by Crippen LogP contribution is -2.44. The summed E-state index contributed by atoms with van der Waals surface area (Å²) in [5.41, 5.74) is 1.70. The molecule has 0 spiro atoms. The van der Waals surface area contributed by atoms with Gasteiger partial charge in [-0.05, 0) is 62.8 Å². The van der Waals surface area contributed by atoms with Crippen LogP contribution in [0.5, 0.6) is 0 Å². The fourth-order valence-electron chi connectivity index (χ4n) is 5.14. The zero-order chi connectivity index (χ0) is 21.5. The van der Waals surface area contributed by atoms with Gasteiger partial charge in [0, 0.05) is 43.7 Å². The highest BCUT2D eigenvalue weighted by molar-refractivity contribution is 7.89. The summed E-state index contributed by atoms with van der Waals surface area (Å²) in [5, 5.41) is 3.14. The Morgan fingerprint density at radius 3 is 2.37 bits per heavy atom. The summed E-state index contributed by atoms with van der Waals surface area (Å²) in [4.78, 5) is 26.4. The van der Waals surface area contributed by atoms with Crippen LogP contribution < -0.4 is 10.2 Å². The van der Waals surface area contributed by atoms with Gasteiger partial charge in [0.25, 0.3) is 0 Å². The molecule has 164 valence electrons. The monoisotopic (exact) mass is 433 g/mol. The molecule has 8 heteroatoms. The Morgan fingerprint density at radius 1 is 1.07 bits per heavy atom. The van der Waals surface area contributed by atoms with Crippen LogP contribution in [0.15, 0.2) is 23.1 Å². The minimum Gasteiger partial charge on any atom is -0.353 e. The molecule has 1 N–H and O–H groups in total. The first kappa shape index (κ1) is 21.3. The van der Waals surface area contributed by atoms with Crippen molar-refractivity contribution in [1.29, 1.82) is 0 Å². The summed E-state index contributed by atoms with van der Waals surface area (Å²) < 4.78 is 27.9. The minimum atomic E-state index is -3.61. The van der Waals surface area contributed by atoms with Crippen molar-refractivity contribution in [3.05, 3.63) is 23.8 Å². The third-order valence-corrected chi connectivity index (χ3v) is 8.66. The number of carbonyl (C=O) groups is 2. The van der Waals surface area contributed by atoms with Gasteiger partial charge in [-0.25, -0.2) is 8.42 Å². The SMILES string of the molecule is CC(=O)N1c2ccc(S(=O)(=O)N3CCC(C(=O)NC4CCCC4)CC3)cc2CC1C. The van der Waals surface area contributed by atoms with Crippen molar-refractivity contribution in [3.63, 3.8) is 0 Å². The Kier molecular flexibility index (Phi) is 5.90. The summed E-state index contributed by atoms with van der Waals surface area (Å²) in [5.74, 6) is -0.0633. The number of piperidine rings is 1. The summed E-state index contributed by atoms with van der Waals surface area (Å²) in [7, 11) is -3.61. The van der Waals surface area contributed by atoms with Crippen molar-refractivity contribution in [3.8, 4) is 0 Å². The highest BCUT2D eigenvalue weighted by Gasteiger charge is 2.35. The molecule has 1 aliphatic carbocycles. The van der Waals surface area contributed by atoms with Crippen LogP contribution in [0.1, 0.15) is 57.9 Å². The van der Waals surface area contributed by atoms with Gasteiger partial charge in [-0.15, -0.1) is 0 Å². The van der Waals surface area contributed by atoms with Gasteiger partial charge in [-0.3, -0.25) is 9.59 Å². The topological polar surface area (TPSA) is 86.8 Å². The summed E-state index contributed by atoms with van der Waals surface area (Å²) in [6.45, 7) is 4.22. The second kappa shape index (κ2) is 8.30. The molecule has 2 amide bonds. The van der Waals surface area contributed by atoms with Gasteiger partial charge < -0.3 is 10.2 Å². The van der Waals surface area contributed by atoms with Crippen LogP contribution in [-0.4, -0.2) is 49.7 Å². The molecule has 4 rings (SSSR count). The van der Waals surface area contributed by atoms with Crippen molar-refractivity contribution in [2.45, 2.75) is 75.8 Å². The quantitative estimate of drug-likeness (QED) is 0.790. The number of carbonyl (C=O) groups excluding carboxylic acids is 2. The molecular formula is C22H31N3O4S. The van der Waals surface area contributed by atoms with E-state index in [0.717, 1.165) is 24.1 Å². The van der Waals surface area contributed by atoms with Crippen LogP contribution >= 0.6 is 0 Å². The van der Waals surface area contributed by atoms with E-state index in [4.69, 9.17) is 0 Å². The number of fused-ring (bicyclic) bond motifs is 1. The number of nitrogens with one attached hydrogen (secondary N) is 1. The van der Waals surface area contributed by atoms with Crippen LogP contribution in [0.4, 0.5) is 5.69 Å². The first-order chi connectivity index (χ1) is 14.3. The van der Waals surface area contributed by atoms with E-state index in [2.05, 4.69) is 5.32 Å². The maximum atomic E-state index is 13.2. The average Bonchev–Trinajstić information content (AvgIpc) is 3.33. The number of benzene rings is 1. The Labute approximate surface area is 178 Å². The van der Waals surface area contributed by atoms with Gasteiger partial charge in [-0.1, -0.05) is 12.8 Å². The second-order valence-electron chi connectivity index (χ2n) is 8.90. The summed E-state index contributed by atoms with van der Waals surface area (Å²) in [6, 6.07) is 5.38. The molecule has 2 heterocycles. The summed E-state index contributed by atoms with van der Waals surface area (Å²) in [6.07, 6.45) is 6.21. The third kappa shape index (κ3) is 3.99. The van der Waals surface area contributed by atoms with Crippen molar-refractivity contribution in [2.24, 2.45) is 5.92 Å². The molecular weight excluding hydrogens is 402 g/mol. The molecule has 1 aromatic carbocycles. The zero-order valence-corrected chi connectivity index (χ0v) is 18.6. The Morgan fingerprint density at radius 2 is 1.73 bits per heavy atom. The Balaban J connectivity index is 1.42. The molecule has 0 bridgehead atoms. The van der Waals surface area contributed by atoms with Crippen molar-refractivity contribution in [1.82, 2.24) is 9.62 Å². The van der Waals surface area contributed by atoms with E-state index < -0.39 is 10.0 Å². The van der Waals surface area contributed by atoms with E-state index in [0.29, 0.717) is 38.4 Å². The molecule has 30 heavy (non-hydrogen) atoms. The Bertz CT molecular complexity index is 932. The average molecular weight is 434 g/mol. The van der Waals surface area contributed by atoms with Gasteiger partial charge in [0.05, 0.1) is 4.90 Å². The fourth-order valence-corrected chi connectivity index (χ4v) is 6.67. The van der Waals surface area contributed by atoms with Gasteiger partial charge >= 0.3 is 0 Å². The molecule has 3 aliphatic rings. The molecule has 1 unspecified atom stereocenters. The lowest BCUT2D eigenvalue weighted by molar-refractivity contribution is -0.126. The van der Waals surface area contributed by atoms with E-state index in [9.17, 15) is 18.0 Å². The van der Waals surface area contributed by atoms with Crippen molar-refractivity contribution >= 4 is 27.5 Å². The van der Waals surface area contributed by atoms with Gasteiger partial charge in [-0.2, -0.15) is 4.31 Å². The van der Waals surface area contributed by atoms with Crippen LogP contribution in [0.3, 0.4) is 0 Å². The van der Waals surface area contributed by atoms with Crippen LogP contribution in [0.25, 0.3) is 0 Å². The molecule has 0 radical (unpaired) electrons. The van der Waals surface area contributed by atoms with Gasteiger partial charge in [0.1, 0.15) is 0 Å². The van der Waals surface area contributed by atoms with E-state index in [-0.39, 0.29) is 28.7 Å². The first-order valence-electron chi connectivity index (χ1n) is 11.0. The number of nitrogens with zero attached hydrogens (tertiary/aromatic N) is 2. The molecule has 2 fully saturated rings. The summed E-state index contributed by atoms with van der Waals surface area (Å²) >= 11 is 0. The molecule has 1 saturated carbocycles. The van der Waals surface area contributed by atoms with Crippen molar-refractivity contribution in [2.75, 3.05) is 18.0 Å². The predicted molar refractivity (Wildman–Crippen MR) is 115 cm³/mol. The molecule has 2 aliphatic heterocycles. The van der Waals surface area contributed by atoms with Crippen molar-refractivity contribution < 1.29 is 18.0 Å². The largest absolute Gasteiger partial charge is 0.353 e. The minimum absolute atomic E-state index is 0.0320. The highest BCUT2D eigenvalue weighted by Crippen LogP contribution is 2.35. The number of amides is 2. The van der Waals surface area contributed by atoms with Gasteiger partial charge in [0.2, 0.25) is 21.8 Å². The number of anilines is 1. The number of rotatable bonds is 4.